The van der Waals surface area contributed by atoms with E-state index in [9.17, 15) is 9.59 Å². The highest BCUT2D eigenvalue weighted by molar-refractivity contribution is 7.22. The molecular weight excluding hydrogens is 326 g/mol. The standard InChI is InChI=1S/C17H15N3O3S/c1-23-15(21)12-7-8-13-14(9-12)24-17(19-13)20-16(22)18-10-11-5-3-2-4-6-11/h2-9H,10H2,1H3,(H2,18,19,20,22). The Morgan fingerprint density at radius 3 is 2.71 bits per heavy atom. The molecule has 2 amide bonds. The van der Waals surface area contributed by atoms with E-state index < -0.39 is 5.97 Å². The molecule has 3 rings (SSSR count). The number of thiazole rings is 1. The van der Waals surface area contributed by atoms with Crippen molar-refractivity contribution in [2.45, 2.75) is 6.54 Å². The Labute approximate surface area is 142 Å². The van der Waals surface area contributed by atoms with Gasteiger partial charge in [0.15, 0.2) is 5.13 Å². The summed E-state index contributed by atoms with van der Waals surface area (Å²) in [5.74, 6) is -0.402. The summed E-state index contributed by atoms with van der Waals surface area (Å²) in [6.45, 7) is 0.435. The van der Waals surface area contributed by atoms with Crippen LogP contribution in [0.2, 0.25) is 0 Å². The highest BCUT2D eigenvalue weighted by atomic mass is 32.1. The fraction of sp³-hybridized carbons (Fsp3) is 0.118. The summed E-state index contributed by atoms with van der Waals surface area (Å²) < 4.78 is 5.50. The first-order valence-electron chi connectivity index (χ1n) is 7.23. The monoisotopic (exact) mass is 341 g/mol. The molecular formula is C17H15N3O3S. The Morgan fingerprint density at radius 2 is 1.96 bits per heavy atom. The fourth-order valence-electron chi connectivity index (χ4n) is 2.14. The zero-order valence-electron chi connectivity index (χ0n) is 12.9. The second kappa shape index (κ2) is 7.10. The number of carbonyl (C=O) groups excluding carboxylic acids is 2. The Bertz CT molecular complexity index is 877. The van der Waals surface area contributed by atoms with Crippen LogP contribution in [0.25, 0.3) is 10.2 Å². The summed E-state index contributed by atoms with van der Waals surface area (Å²) in [7, 11) is 1.34. The number of hydrogen-bond donors (Lipinski definition) is 2. The number of urea groups is 1. The molecule has 1 aromatic heterocycles. The lowest BCUT2D eigenvalue weighted by Crippen LogP contribution is -2.28. The van der Waals surface area contributed by atoms with Gasteiger partial charge in [-0.25, -0.2) is 14.6 Å². The summed E-state index contributed by atoms with van der Waals surface area (Å²) >= 11 is 1.30. The van der Waals surface area contributed by atoms with Gasteiger partial charge in [-0.2, -0.15) is 0 Å². The van der Waals surface area contributed by atoms with Crippen molar-refractivity contribution in [1.82, 2.24) is 10.3 Å². The van der Waals surface area contributed by atoms with E-state index in [-0.39, 0.29) is 6.03 Å². The molecule has 0 atom stereocenters. The van der Waals surface area contributed by atoms with E-state index in [1.54, 1.807) is 18.2 Å². The molecule has 0 aliphatic carbocycles. The zero-order valence-corrected chi connectivity index (χ0v) is 13.7. The van der Waals surface area contributed by atoms with Crippen LogP contribution in [0.1, 0.15) is 15.9 Å². The summed E-state index contributed by atoms with van der Waals surface area (Å²) in [5.41, 5.74) is 2.18. The van der Waals surface area contributed by atoms with Crippen molar-refractivity contribution in [2.75, 3.05) is 12.4 Å². The molecule has 0 aliphatic heterocycles. The zero-order chi connectivity index (χ0) is 16.9. The maximum atomic E-state index is 12.0. The Balaban J connectivity index is 1.66. The van der Waals surface area contributed by atoms with E-state index in [1.165, 1.54) is 18.4 Å². The predicted octanol–water partition coefficient (Wildman–Crippen LogP) is 3.40. The molecule has 0 radical (unpaired) electrons. The molecule has 0 fully saturated rings. The number of nitrogens with one attached hydrogen (secondary N) is 2. The van der Waals surface area contributed by atoms with Gasteiger partial charge in [0.1, 0.15) is 0 Å². The van der Waals surface area contributed by atoms with Gasteiger partial charge in [-0.3, -0.25) is 5.32 Å². The Morgan fingerprint density at radius 1 is 1.17 bits per heavy atom. The van der Waals surface area contributed by atoms with Crippen molar-refractivity contribution >= 4 is 38.7 Å². The van der Waals surface area contributed by atoms with E-state index in [0.29, 0.717) is 22.8 Å². The van der Waals surface area contributed by atoms with Crippen molar-refractivity contribution in [2.24, 2.45) is 0 Å². The molecule has 0 saturated carbocycles. The number of nitrogens with zero attached hydrogens (tertiary/aromatic N) is 1. The lowest BCUT2D eigenvalue weighted by Gasteiger charge is -2.04. The summed E-state index contributed by atoms with van der Waals surface area (Å²) in [5, 5.41) is 5.95. The number of carbonyl (C=O) groups is 2. The summed E-state index contributed by atoms with van der Waals surface area (Å²) in [6, 6.07) is 14.4. The second-order valence-electron chi connectivity index (χ2n) is 4.99. The van der Waals surface area contributed by atoms with Gasteiger partial charge in [-0.15, -0.1) is 0 Å². The van der Waals surface area contributed by atoms with Gasteiger partial charge < -0.3 is 10.1 Å². The van der Waals surface area contributed by atoms with Gasteiger partial charge >= 0.3 is 12.0 Å². The smallest absolute Gasteiger partial charge is 0.337 e. The number of fused-ring (bicyclic) bond motifs is 1. The maximum Gasteiger partial charge on any atom is 0.337 e. The predicted molar refractivity (Wildman–Crippen MR) is 93.3 cm³/mol. The number of ether oxygens (including phenoxy) is 1. The SMILES string of the molecule is COC(=O)c1ccc2nc(NC(=O)NCc3ccccc3)sc2c1. The molecule has 3 aromatic rings. The van der Waals surface area contributed by atoms with E-state index in [2.05, 4.69) is 15.6 Å². The first kappa shape index (κ1) is 15.9. The first-order valence-corrected chi connectivity index (χ1v) is 8.05. The van der Waals surface area contributed by atoms with Gasteiger partial charge in [-0.05, 0) is 23.8 Å². The molecule has 7 heteroatoms. The van der Waals surface area contributed by atoms with Crippen LogP contribution in [-0.2, 0) is 11.3 Å². The van der Waals surface area contributed by atoms with Gasteiger partial charge in [0.05, 0.1) is 22.9 Å². The van der Waals surface area contributed by atoms with Crippen LogP contribution in [0.3, 0.4) is 0 Å². The number of benzene rings is 2. The van der Waals surface area contributed by atoms with Crippen LogP contribution >= 0.6 is 11.3 Å². The molecule has 0 spiro atoms. The second-order valence-corrected chi connectivity index (χ2v) is 6.02. The lowest BCUT2D eigenvalue weighted by molar-refractivity contribution is 0.0601. The van der Waals surface area contributed by atoms with Gasteiger partial charge in [0, 0.05) is 6.54 Å². The van der Waals surface area contributed by atoms with Gasteiger partial charge in [-0.1, -0.05) is 41.7 Å². The number of esters is 1. The molecule has 24 heavy (non-hydrogen) atoms. The largest absolute Gasteiger partial charge is 0.465 e. The number of methoxy groups -OCH3 is 1. The van der Waals surface area contributed by atoms with Crippen molar-refractivity contribution in [3.8, 4) is 0 Å². The van der Waals surface area contributed by atoms with Crippen LogP contribution in [0.5, 0.6) is 0 Å². The molecule has 0 bridgehead atoms. The Hall–Kier alpha value is -2.93. The van der Waals surface area contributed by atoms with Crippen LogP contribution < -0.4 is 10.6 Å². The van der Waals surface area contributed by atoms with Crippen molar-refractivity contribution < 1.29 is 14.3 Å². The lowest BCUT2D eigenvalue weighted by atomic mass is 10.2. The molecule has 0 aliphatic rings. The minimum absolute atomic E-state index is 0.328. The number of aromatic nitrogens is 1. The quantitative estimate of drug-likeness (QED) is 0.713. The topological polar surface area (TPSA) is 80.3 Å². The van der Waals surface area contributed by atoms with E-state index in [1.807, 2.05) is 30.3 Å². The van der Waals surface area contributed by atoms with Crippen molar-refractivity contribution in [3.63, 3.8) is 0 Å². The minimum Gasteiger partial charge on any atom is -0.465 e. The normalized spacial score (nSPS) is 10.4. The van der Waals surface area contributed by atoms with Crippen LogP contribution in [-0.4, -0.2) is 24.1 Å². The molecule has 0 saturated heterocycles. The number of amides is 2. The average molecular weight is 341 g/mol. The molecule has 2 N–H and O–H groups in total. The molecule has 6 nitrogen and oxygen atoms in total. The number of anilines is 1. The van der Waals surface area contributed by atoms with Gasteiger partial charge in [0.25, 0.3) is 0 Å². The Kier molecular flexibility index (Phi) is 4.72. The van der Waals surface area contributed by atoms with Crippen LogP contribution in [0.4, 0.5) is 9.93 Å². The number of rotatable bonds is 4. The molecule has 122 valence electrons. The highest BCUT2D eigenvalue weighted by Gasteiger charge is 2.11. The summed E-state index contributed by atoms with van der Waals surface area (Å²) in [4.78, 5) is 27.8. The van der Waals surface area contributed by atoms with Gasteiger partial charge in [0.2, 0.25) is 0 Å². The third kappa shape index (κ3) is 3.69. The minimum atomic E-state index is -0.402. The highest BCUT2D eigenvalue weighted by Crippen LogP contribution is 2.27. The fourth-order valence-corrected chi connectivity index (χ4v) is 3.04. The molecule has 1 heterocycles. The summed E-state index contributed by atoms with van der Waals surface area (Å²) in [6.07, 6.45) is 0. The van der Waals surface area contributed by atoms with E-state index in [0.717, 1.165) is 10.3 Å². The van der Waals surface area contributed by atoms with Crippen LogP contribution in [0, 0.1) is 0 Å². The first-order chi connectivity index (χ1) is 11.7. The van der Waals surface area contributed by atoms with Crippen molar-refractivity contribution in [1.29, 1.82) is 0 Å². The van der Waals surface area contributed by atoms with Crippen molar-refractivity contribution in [3.05, 3.63) is 59.7 Å². The molecule has 2 aromatic carbocycles. The average Bonchev–Trinajstić information content (AvgIpc) is 3.01. The molecule has 0 unspecified atom stereocenters. The van der Waals surface area contributed by atoms with E-state index in [4.69, 9.17) is 4.74 Å². The third-order valence-corrected chi connectivity index (χ3v) is 4.26. The number of hydrogen-bond acceptors (Lipinski definition) is 5. The third-order valence-electron chi connectivity index (χ3n) is 3.33. The maximum absolute atomic E-state index is 12.0. The van der Waals surface area contributed by atoms with E-state index >= 15 is 0 Å². The van der Waals surface area contributed by atoms with Crippen LogP contribution in [0.15, 0.2) is 48.5 Å².